The molecule has 2 aliphatic rings. The summed E-state index contributed by atoms with van der Waals surface area (Å²) in [5.41, 5.74) is 5.94. The number of carbonyl (C=O) groups excluding carboxylic acids is 2. The van der Waals surface area contributed by atoms with E-state index in [1.807, 2.05) is 0 Å². The maximum Gasteiger partial charge on any atom is 0.258 e. The average Bonchev–Trinajstić information content (AvgIpc) is 3.30. The Labute approximate surface area is 147 Å². The minimum atomic E-state index is -0.800. The van der Waals surface area contributed by atoms with E-state index in [2.05, 4.69) is 10.6 Å². The van der Waals surface area contributed by atoms with E-state index in [4.69, 9.17) is 15.2 Å². The van der Waals surface area contributed by atoms with E-state index >= 15 is 0 Å². The Bertz CT molecular complexity index is 652. The molecule has 136 valence electrons. The molecule has 2 saturated carbocycles. The summed E-state index contributed by atoms with van der Waals surface area (Å²) >= 11 is 0. The third-order valence-electron chi connectivity index (χ3n) is 4.67. The van der Waals surface area contributed by atoms with Crippen molar-refractivity contribution in [3.05, 3.63) is 18.2 Å². The fourth-order valence-electron chi connectivity index (χ4n) is 3.00. The van der Waals surface area contributed by atoms with Crippen molar-refractivity contribution < 1.29 is 19.1 Å². The molecule has 2 amide bonds. The van der Waals surface area contributed by atoms with Gasteiger partial charge in [-0.15, -0.1) is 0 Å². The molecular formula is C18H25N3O4. The molecule has 4 N–H and O–H groups in total. The van der Waals surface area contributed by atoms with Gasteiger partial charge in [0.2, 0.25) is 5.91 Å². The van der Waals surface area contributed by atoms with Gasteiger partial charge in [-0.1, -0.05) is 12.8 Å². The zero-order chi connectivity index (χ0) is 17.9. The van der Waals surface area contributed by atoms with Gasteiger partial charge in [0.25, 0.3) is 5.91 Å². The molecule has 2 aliphatic carbocycles. The summed E-state index contributed by atoms with van der Waals surface area (Å²) in [6.07, 6.45) is 5.38. The molecule has 3 rings (SSSR count). The van der Waals surface area contributed by atoms with E-state index in [9.17, 15) is 9.59 Å². The molecule has 25 heavy (non-hydrogen) atoms. The first-order chi connectivity index (χ1) is 12.0. The SMILES string of the molecule is COc1ccc(NC(=O)C2(N)CCCC2)cc1OCC(=O)NC1CC1. The summed E-state index contributed by atoms with van der Waals surface area (Å²) in [5.74, 6) is 0.558. The van der Waals surface area contributed by atoms with Crippen molar-refractivity contribution in [3.63, 3.8) is 0 Å². The monoisotopic (exact) mass is 347 g/mol. The molecule has 0 spiro atoms. The molecule has 2 fully saturated rings. The summed E-state index contributed by atoms with van der Waals surface area (Å²) in [6, 6.07) is 5.36. The average molecular weight is 347 g/mol. The molecule has 7 heteroatoms. The molecule has 1 aromatic carbocycles. The van der Waals surface area contributed by atoms with Gasteiger partial charge in [-0.25, -0.2) is 0 Å². The molecule has 7 nitrogen and oxygen atoms in total. The Morgan fingerprint density at radius 3 is 2.60 bits per heavy atom. The topological polar surface area (TPSA) is 103 Å². The summed E-state index contributed by atoms with van der Waals surface area (Å²) in [5, 5.41) is 5.71. The van der Waals surface area contributed by atoms with Crippen LogP contribution in [0, 0.1) is 0 Å². The van der Waals surface area contributed by atoms with Crippen LogP contribution in [0.2, 0.25) is 0 Å². The summed E-state index contributed by atoms with van der Waals surface area (Å²) in [4.78, 5) is 24.2. The number of ether oxygens (including phenoxy) is 2. The first-order valence-electron chi connectivity index (χ1n) is 8.71. The molecule has 0 aliphatic heterocycles. The second-order valence-corrected chi connectivity index (χ2v) is 6.81. The number of amides is 2. The minimum Gasteiger partial charge on any atom is -0.493 e. The Hall–Kier alpha value is -2.28. The predicted molar refractivity (Wildman–Crippen MR) is 93.7 cm³/mol. The van der Waals surface area contributed by atoms with Crippen molar-refractivity contribution in [2.24, 2.45) is 5.73 Å². The zero-order valence-corrected chi connectivity index (χ0v) is 14.5. The van der Waals surface area contributed by atoms with Gasteiger partial charge < -0.3 is 25.8 Å². The van der Waals surface area contributed by atoms with Crippen molar-refractivity contribution in [1.29, 1.82) is 0 Å². The van der Waals surface area contributed by atoms with Gasteiger partial charge in [0, 0.05) is 17.8 Å². The quantitative estimate of drug-likeness (QED) is 0.695. The lowest BCUT2D eigenvalue weighted by Gasteiger charge is -2.22. The van der Waals surface area contributed by atoms with Gasteiger partial charge in [0.05, 0.1) is 12.6 Å². The second-order valence-electron chi connectivity index (χ2n) is 6.81. The van der Waals surface area contributed by atoms with Crippen LogP contribution in [0.5, 0.6) is 11.5 Å². The first-order valence-corrected chi connectivity index (χ1v) is 8.71. The largest absolute Gasteiger partial charge is 0.493 e. The molecule has 0 aromatic heterocycles. The normalized spacial score (nSPS) is 18.5. The molecule has 1 aromatic rings. The maximum atomic E-state index is 12.4. The number of hydrogen-bond donors (Lipinski definition) is 3. The van der Waals surface area contributed by atoms with Crippen LogP contribution in [0.1, 0.15) is 38.5 Å². The van der Waals surface area contributed by atoms with Crippen LogP contribution in [0.15, 0.2) is 18.2 Å². The lowest BCUT2D eigenvalue weighted by Crippen LogP contribution is -2.48. The number of nitrogens with one attached hydrogen (secondary N) is 2. The van der Waals surface area contributed by atoms with E-state index < -0.39 is 5.54 Å². The highest BCUT2D eigenvalue weighted by molar-refractivity contribution is 5.98. The molecule has 0 saturated heterocycles. The van der Waals surface area contributed by atoms with Crippen molar-refractivity contribution in [3.8, 4) is 11.5 Å². The van der Waals surface area contributed by atoms with Crippen LogP contribution in [-0.2, 0) is 9.59 Å². The van der Waals surface area contributed by atoms with Gasteiger partial charge in [0.15, 0.2) is 18.1 Å². The fraction of sp³-hybridized carbons (Fsp3) is 0.556. The molecule has 0 radical (unpaired) electrons. The number of anilines is 1. The molecule has 0 bridgehead atoms. The first kappa shape index (κ1) is 17.5. The number of methoxy groups -OCH3 is 1. The van der Waals surface area contributed by atoms with Crippen molar-refractivity contribution in [1.82, 2.24) is 5.32 Å². The van der Waals surface area contributed by atoms with Crippen LogP contribution in [0.3, 0.4) is 0 Å². The van der Waals surface area contributed by atoms with Crippen molar-refractivity contribution in [2.45, 2.75) is 50.1 Å². The number of hydrogen-bond acceptors (Lipinski definition) is 5. The second kappa shape index (κ2) is 7.31. The fourth-order valence-corrected chi connectivity index (χ4v) is 3.00. The van der Waals surface area contributed by atoms with E-state index in [0.717, 1.165) is 25.7 Å². The number of rotatable bonds is 7. The van der Waals surface area contributed by atoms with Gasteiger partial charge in [-0.2, -0.15) is 0 Å². The highest BCUT2D eigenvalue weighted by atomic mass is 16.5. The van der Waals surface area contributed by atoms with Gasteiger partial charge in [-0.3, -0.25) is 9.59 Å². The Morgan fingerprint density at radius 1 is 1.24 bits per heavy atom. The number of benzene rings is 1. The third kappa shape index (κ3) is 4.42. The molecule has 0 atom stereocenters. The Kier molecular flexibility index (Phi) is 5.13. The number of nitrogens with two attached hydrogens (primary N) is 1. The molecule has 0 heterocycles. The van der Waals surface area contributed by atoms with Crippen molar-refractivity contribution in [2.75, 3.05) is 19.0 Å². The van der Waals surface area contributed by atoms with Crippen LogP contribution < -0.4 is 25.8 Å². The van der Waals surface area contributed by atoms with E-state index in [-0.39, 0.29) is 24.5 Å². The number of carbonyl (C=O) groups is 2. The van der Waals surface area contributed by atoms with E-state index in [0.29, 0.717) is 30.0 Å². The lowest BCUT2D eigenvalue weighted by atomic mass is 9.98. The predicted octanol–water partition coefficient (Wildman–Crippen LogP) is 1.56. The highest BCUT2D eigenvalue weighted by Gasteiger charge is 2.37. The Morgan fingerprint density at radius 2 is 1.96 bits per heavy atom. The van der Waals surface area contributed by atoms with Gasteiger partial charge in [-0.05, 0) is 37.8 Å². The summed E-state index contributed by atoms with van der Waals surface area (Å²) in [6.45, 7) is -0.0922. The molecule has 0 unspecified atom stereocenters. The van der Waals surface area contributed by atoms with Gasteiger partial charge in [0.1, 0.15) is 0 Å². The zero-order valence-electron chi connectivity index (χ0n) is 14.5. The summed E-state index contributed by atoms with van der Waals surface area (Å²) < 4.78 is 10.8. The smallest absolute Gasteiger partial charge is 0.258 e. The van der Waals surface area contributed by atoms with Crippen LogP contribution in [-0.4, -0.2) is 37.1 Å². The van der Waals surface area contributed by atoms with E-state index in [1.54, 1.807) is 18.2 Å². The minimum absolute atomic E-state index is 0.0922. The lowest BCUT2D eigenvalue weighted by molar-refractivity contribution is -0.123. The maximum absolute atomic E-state index is 12.4. The van der Waals surface area contributed by atoms with Crippen LogP contribution >= 0.6 is 0 Å². The van der Waals surface area contributed by atoms with Gasteiger partial charge >= 0.3 is 0 Å². The third-order valence-corrected chi connectivity index (χ3v) is 4.67. The Balaban J connectivity index is 1.64. The van der Waals surface area contributed by atoms with E-state index in [1.165, 1.54) is 7.11 Å². The standard InChI is InChI=1S/C18H25N3O4/c1-24-14-7-6-13(21-17(23)18(19)8-2-3-9-18)10-15(14)25-11-16(22)20-12-4-5-12/h6-7,10,12H,2-5,8-9,11,19H2,1H3,(H,20,22)(H,21,23). The van der Waals surface area contributed by atoms with Crippen molar-refractivity contribution >= 4 is 17.5 Å². The molecular weight excluding hydrogens is 322 g/mol. The highest BCUT2D eigenvalue weighted by Crippen LogP contribution is 2.32. The summed E-state index contributed by atoms with van der Waals surface area (Å²) in [7, 11) is 1.53. The van der Waals surface area contributed by atoms with Crippen LogP contribution in [0.25, 0.3) is 0 Å². The van der Waals surface area contributed by atoms with Crippen LogP contribution in [0.4, 0.5) is 5.69 Å².